The summed E-state index contributed by atoms with van der Waals surface area (Å²) in [7, 11) is 0. The molecule has 0 aromatic heterocycles. The molecule has 0 aliphatic rings. The summed E-state index contributed by atoms with van der Waals surface area (Å²) in [5, 5.41) is 24.4. The van der Waals surface area contributed by atoms with E-state index in [-0.39, 0.29) is 12.5 Å². The Bertz CT molecular complexity index is 525. The molecule has 1 atom stereocenters. The van der Waals surface area contributed by atoms with Crippen molar-refractivity contribution in [3.63, 3.8) is 0 Å². The van der Waals surface area contributed by atoms with Crippen molar-refractivity contribution in [2.45, 2.75) is 13.5 Å². The van der Waals surface area contributed by atoms with E-state index in [0.29, 0.717) is 12.3 Å². The van der Waals surface area contributed by atoms with Crippen molar-refractivity contribution in [1.29, 1.82) is 0 Å². The molecule has 3 nitrogen and oxygen atoms in total. The molecule has 0 spiro atoms. The molecule has 96 valence electrons. The van der Waals surface area contributed by atoms with Gasteiger partial charge in [0.2, 0.25) is 0 Å². The summed E-state index contributed by atoms with van der Waals surface area (Å²) in [5.41, 5.74) is 0.915. The van der Waals surface area contributed by atoms with Gasteiger partial charge in [0.15, 0.2) is 0 Å². The van der Waals surface area contributed by atoms with Gasteiger partial charge in [0, 0.05) is 25.3 Å². The second kappa shape index (κ2) is 5.85. The number of hydrogen-bond acceptors (Lipinski definition) is 3. The highest BCUT2D eigenvalue weighted by Gasteiger charge is 2.07. The minimum absolute atomic E-state index is 0.175. The number of aromatic hydroxyl groups is 1. The van der Waals surface area contributed by atoms with Gasteiger partial charge in [-0.2, -0.15) is 0 Å². The summed E-state index contributed by atoms with van der Waals surface area (Å²) in [4.78, 5) is 0. The van der Waals surface area contributed by atoms with Gasteiger partial charge in [0.05, 0.1) is 0 Å². The van der Waals surface area contributed by atoms with E-state index in [4.69, 9.17) is 5.11 Å². The molecule has 18 heavy (non-hydrogen) atoms. The SMILES string of the molecule is CC(CO)CNCc1c(O)ccc2ccccc12. The molecular formula is C15H19NO2. The first-order chi connectivity index (χ1) is 8.72. The van der Waals surface area contributed by atoms with Gasteiger partial charge < -0.3 is 15.5 Å². The van der Waals surface area contributed by atoms with E-state index < -0.39 is 0 Å². The molecule has 0 saturated heterocycles. The van der Waals surface area contributed by atoms with Gasteiger partial charge in [0.25, 0.3) is 0 Å². The molecule has 2 aromatic carbocycles. The maximum Gasteiger partial charge on any atom is 0.120 e. The third kappa shape index (κ3) is 2.81. The summed E-state index contributed by atoms with van der Waals surface area (Å²) in [6.07, 6.45) is 0. The third-order valence-corrected chi connectivity index (χ3v) is 3.12. The number of phenolic OH excluding ortho intramolecular Hbond substituents is 1. The van der Waals surface area contributed by atoms with Crippen molar-refractivity contribution in [1.82, 2.24) is 5.32 Å². The molecule has 0 aliphatic carbocycles. The summed E-state index contributed by atoms with van der Waals surface area (Å²) in [5.74, 6) is 0.542. The smallest absolute Gasteiger partial charge is 0.120 e. The van der Waals surface area contributed by atoms with Gasteiger partial charge in [-0.25, -0.2) is 0 Å². The second-order valence-corrected chi connectivity index (χ2v) is 4.70. The summed E-state index contributed by atoms with van der Waals surface area (Å²) < 4.78 is 0. The first kappa shape index (κ1) is 12.9. The van der Waals surface area contributed by atoms with Gasteiger partial charge in [-0.1, -0.05) is 37.3 Å². The lowest BCUT2D eigenvalue weighted by molar-refractivity contribution is 0.233. The Balaban J connectivity index is 2.18. The molecule has 3 heteroatoms. The number of hydrogen-bond donors (Lipinski definition) is 3. The first-order valence-electron chi connectivity index (χ1n) is 6.23. The summed E-state index contributed by atoms with van der Waals surface area (Å²) in [6, 6.07) is 11.7. The van der Waals surface area contributed by atoms with Crippen molar-refractivity contribution >= 4 is 10.8 Å². The van der Waals surface area contributed by atoms with Gasteiger partial charge >= 0.3 is 0 Å². The number of fused-ring (bicyclic) bond motifs is 1. The molecule has 0 radical (unpaired) electrons. The Morgan fingerprint density at radius 1 is 1.17 bits per heavy atom. The minimum atomic E-state index is 0.175. The monoisotopic (exact) mass is 245 g/mol. The Morgan fingerprint density at radius 3 is 2.72 bits per heavy atom. The van der Waals surface area contributed by atoms with Crippen LogP contribution in [0.15, 0.2) is 36.4 Å². The fourth-order valence-corrected chi connectivity index (χ4v) is 2.02. The van der Waals surface area contributed by atoms with Gasteiger partial charge in [-0.05, 0) is 22.8 Å². The van der Waals surface area contributed by atoms with Crippen LogP contribution in [0.5, 0.6) is 5.75 Å². The molecular weight excluding hydrogens is 226 g/mol. The highest BCUT2D eigenvalue weighted by Crippen LogP contribution is 2.26. The van der Waals surface area contributed by atoms with Crippen LogP contribution in [-0.4, -0.2) is 23.4 Å². The predicted molar refractivity (Wildman–Crippen MR) is 73.6 cm³/mol. The van der Waals surface area contributed by atoms with Crippen molar-refractivity contribution in [3.05, 3.63) is 42.0 Å². The molecule has 0 amide bonds. The van der Waals surface area contributed by atoms with E-state index in [1.54, 1.807) is 6.07 Å². The molecule has 1 unspecified atom stereocenters. The van der Waals surface area contributed by atoms with Crippen LogP contribution < -0.4 is 5.32 Å². The van der Waals surface area contributed by atoms with Crippen LogP contribution in [0.25, 0.3) is 10.8 Å². The van der Waals surface area contributed by atoms with Crippen molar-refractivity contribution in [2.24, 2.45) is 5.92 Å². The number of rotatable bonds is 5. The van der Waals surface area contributed by atoms with E-state index in [0.717, 1.165) is 22.9 Å². The lowest BCUT2D eigenvalue weighted by atomic mass is 10.0. The molecule has 0 heterocycles. The maximum atomic E-state index is 9.94. The Hall–Kier alpha value is -1.58. The molecule has 2 aromatic rings. The number of benzene rings is 2. The van der Waals surface area contributed by atoms with E-state index in [1.165, 1.54) is 0 Å². The number of phenols is 1. The van der Waals surface area contributed by atoms with Crippen LogP contribution in [0.4, 0.5) is 0 Å². The summed E-state index contributed by atoms with van der Waals surface area (Å²) >= 11 is 0. The standard InChI is InChI=1S/C15H19NO2/c1-11(10-17)8-16-9-14-13-5-3-2-4-12(13)6-7-15(14)18/h2-7,11,16-18H,8-10H2,1H3. The highest BCUT2D eigenvalue weighted by molar-refractivity contribution is 5.87. The number of aliphatic hydroxyl groups excluding tert-OH is 1. The van der Waals surface area contributed by atoms with E-state index in [1.807, 2.05) is 37.3 Å². The topological polar surface area (TPSA) is 52.5 Å². The van der Waals surface area contributed by atoms with Crippen LogP contribution in [0, 0.1) is 5.92 Å². The quantitative estimate of drug-likeness (QED) is 0.757. The van der Waals surface area contributed by atoms with Crippen LogP contribution in [0.2, 0.25) is 0 Å². The molecule has 0 saturated carbocycles. The Kier molecular flexibility index (Phi) is 4.18. The first-order valence-corrected chi connectivity index (χ1v) is 6.23. The Labute approximate surface area is 107 Å². The van der Waals surface area contributed by atoms with Gasteiger partial charge in [-0.3, -0.25) is 0 Å². The molecule has 2 rings (SSSR count). The molecule has 0 aliphatic heterocycles. The van der Waals surface area contributed by atoms with Crippen LogP contribution in [0.1, 0.15) is 12.5 Å². The predicted octanol–water partition coefficient (Wildman–Crippen LogP) is 2.26. The molecule has 0 fully saturated rings. The largest absolute Gasteiger partial charge is 0.508 e. The average molecular weight is 245 g/mol. The van der Waals surface area contributed by atoms with Crippen molar-refractivity contribution in [2.75, 3.05) is 13.2 Å². The zero-order valence-corrected chi connectivity index (χ0v) is 10.6. The molecule has 3 N–H and O–H groups in total. The number of aliphatic hydroxyl groups is 1. The lowest BCUT2D eigenvalue weighted by Gasteiger charge is -2.12. The fraction of sp³-hybridized carbons (Fsp3) is 0.333. The second-order valence-electron chi connectivity index (χ2n) is 4.70. The zero-order valence-electron chi connectivity index (χ0n) is 10.6. The lowest BCUT2D eigenvalue weighted by Crippen LogP contribution is -2.22. The normalized spacial score (nSPS) is 12.8. The third-order valence-electron chi connectivity index (χ3n) is 3.12. The minimum Gasteiger partial charge on any atom is -0.508 e. The summed E-state index contributed by atoms with van der Waals surface area (Å²) in [6.45, 7) is 3.50. The van der Waals surface area contributed by atoms with Crippen LogP contribution in [-0.2, 0) is 6.54 Å². The van der Waals surface area contributed by atoms with Gasteiger partial charge in [0.1, 0.15) is 5.75 Å². The number of nitrogens with one attached hydrogen (secondary N) is 1. The molecule has 0 bridgehead atoms. The maximum absolute atomic E-state index is 9.94. The van der Waals surface area contributed by atoms with Crippen molar-refractivity contribution < 1.29 is 10.2 Å². The van der Waals surface area contributed by atoms with E-state index in [9.17, 15) is 5.11 Å². The van der Waals surface area contributed by atoms with Gasteiger partial charge in [-0.15, -0.1) is 0 Å². The van der Waals surface area contributed by atoms with E-state index in [2.05, 4.69) is 5.32 Å². The zero-order chi connectivity index (χ0) is 13.0. The Morgan fingerprint density at radius 2 is 1.94 bits per heavy atom. The van der Waals surface area contributed by atoms with E-state index >= 15 is 0 Å². The van der Waals surface area contributed by atoms with Crippen LogP contribution >= 0.6 is 0 Å². The fourth-order valence-electron chi connectivity index (χ4n) is 2.02. The van der Waals surface area contributed by atoms with Crippen molar-refractivity contribution in [3.8, 4) is 5.75 Å². The highest BCUT2D eigenvalue weighted by atomic mass is 16.3. The van der Waals surface area contributed by atoms with Crippen LogP contribution in [0.3, 0.4) is 0 Å². The average Bonchev–Trinajstić information content (AvgIpc) is 2.41.